The van der Waals surface area contributed by atoms with E-state index in [2.05, 4.69) is 9.97 Å². The van der Waals surface area contributed by atoms with E-state index in [1.165, 1.54) is 0 Å². The Labute approximate surface area is 99.5 Å². The minimum absolute atomic E-state index is 0.125. The van der Waals surface area contributed by atoms with Gasteiger partial charge in [0.05, 0.1) is 5.69 Å². The fraction of sp³-hybridized carbons (Fsp3) is 0.231. The Morgan fingerprint density at radius 1 is 1.24 bits per heavy atom. The van der Waals surface area contributed by atoms with Crippen molar-refractivity contribution < 1.29 is 0 Å². The van der Waals surface area contributed by atoms with Crippen molar-refractivity contribution in [3.8, 4) is 11.4 Å². The van der Waals surface area contributed by atoms with Crippen LogP contribution in [0.25, 0.3) is 11.4 Å². The predicted molar refractivity (Wildman–Crippen MR) is 68.8 cm³/mol. The number of aromatic nitrogens is 2. The van der Waals surface area contributed by atoms with Gasteiger partial charge < -0.3 is 10.7 Å². The van der Waals surface area contributed by atoms with Gasteiger partial charge in [0.15, 0.2) is 0 Å². The van der Waals surface area contributed by atoms with Gasteiger partial charge in [-0.1, -0.05) is 44.2 Å². The van der Waals surface area contributed by atoms with Crippen LogP contribution in [0.15, 0.2) is 35.1 Å². The number of nitrogens with two attached hydrogens (primary N) is 1. The van der Waals surface area contributed by atoms with E-state index < -0.39 is 0 Å². The summed E-state index contributed by atoms with van der Waals surface area (Å²) in [7, 11) is 0. The van der Waals surface area contributed by atoms with Crippen molar-refractivity contribution in [2.75, 3.05) is 5.73 Å². The molecule has 1 heterocycles. The first-order valence-electron chi connectivity index (χ1n) is 5.54. The Morgan fingerprint density at radius 3 is 2.47 bits per heavy atom. The Morgan fingerprint density at radius 2 is 1.88 bits per heavy atom. The zero-order valence-corrected chi connectivity index (χ0v) is 9.90. The second-order valence-corrected chi connectivity index (χ2v) is 4.23. The minimum atomic E-state index is -0.275. The predicted octanol–water partition coefficient (Wildman–Crippen LogP) is 2.14. The number of nitrogens with one attached hydrogen (secondary N) is 1. The molecule has 0 amide bonds. The molecule has 4 nitrogen and oxygen atoms in total. The molecule has 1 aromatic carbocycles. The van der Waals surface area contributed by atoms with E-state index in [1.54, 1.807) is 0 Å². The number of hydrogen-bond acceptors (Lipinski definition) is 3. The van der Waals surface area contributed by atoms with Gasteiger partial charge in [-0.3, -0.25) is 4.79 Å². The average Bonchev–Trinajstić information content (AvgIpc) is 2.33. The van der Waals surface area contributed by atoms with Crippen LogP contribution < -0.4 is 11.3 Å². The third-order valence-corrected chi connectivity index (χ3v) is 2.58. The molecule has 0 fully saturated rings. The number of aromatic amines is 1. The topological polar surface area (TPSA) is 71.8 Å². The van der Waals surface area contributed by atoms with Crippen molar-refractivity contribution in [1.29, 1.82) is 0 Å². The van der Waals surface area contributed by atoms with Crippen molar-refractivity contribution in [2.45, 2.75) is 19.8 Å². The number of H-pyrrole nitrogens is 1. The van der Waals surface area contributed by atoms with E-state index in [0.717, 1.165) is 5.56 Å². The first-order chi connectivity index (χ1) is 8.09. The summed E-state index contributed by atoms with van der Waals surface area (Å²) in [4.78, 5) is 18.8. The lowest BCUT2D eigenvalue weighted by atomic mass is 10.1. The minimum Gasteiger partial charge on any atom is -0.393 e. The van der Waals surface area contributed by atoms with E-state index >= 15 is 0 Å². The monoisotopic (exact) mass is 229 g/mol. The normalized spacial score (nSPS) is 10.8. The molecule has 0 saturated heterocycles. The molecule has 0 aliphatic carbocycles. The summed E-state index contributed by atoms with van der Waals surface area (Å²) in [6, 6.07) is 9.53. The highest BCUT2D eigenvalue weighted by molar-refractivity contribution is 5.57. The molecular formula is C13H15N3O. The highest BCUT2D eigenvalue weighted by Gasteiger charge is 2.12. The maximum atomic E-state index is 11.7. The molecule has 0 bridgehead atoms. The summed E-state index contributed by atoms with van der Waals surface area (Å²) >= 11 is 0. The molecule has 0 aliphatic rings. The van der Waals surface area contributed by atoms with E-state index in [0.29, 0.717) is 11.5 Å². The molecule has 0 spiro atoms. The molecule has 17 heavy (non-hydrogen) atoms. The third kappa shape index (κ3) is 2.20. The van der Waals surface area contributed by atoms with Crippen LogP contribution in [0, 0.1) is 0 Å². The fourth-order valence-corrected chi connectivity index (χ4v) is 1.67. The number of nitrogen functional groups attached to an aromatic ring is 1. The van der Waals surface area contributed by atoms with Crippen molar-refractivity contribution >= 4 is 5.69 Å². The van der Waals surface area contributed by atoms with Crippen LogP contribution in [-0.2, 0) is 0 Å². The second-order valence-electron chi connectivity index (χ2n) is 4.23. The van der Waals surface area contributed by atoms with E-state index in [4.69, 9.17) is 5.73 Å². The highest BCUT2D eigenvalue weighted by Crippen LogP contribution is 2.19. The zero-order valence-electron chi connectivity index (χ0n) is 9.90. The number of rotatable bonds is 2. The van der Waals surface area contributed by atoms with Crippen LogP contribution in [0.5, 0.6) is 0 Å². The highest BCUT2D eigenvalue weighted by atomic mass is 16.1. The fourth-order valence-electron chi connectivity index (χ4n) is 1.67. The lowest BCUT2D eigenvalue weighted by Crippen LogP contribution is -2.18. The van der Waals surface area contributed by atoms with Crippen LogP contribution in [0.4, 0.5) is 5.69 Å². The lowest BCUT2D eigenvalue weighted by Gasteiger charge is -2.09. The molecule has 3 N–H and O–H groups in total. The Hall–Kier alpha value is -2.10. The molecule has 0 unspecified atom stereocenters. The lowest BCUT2D eigenvalue weighted by molar-refractivity contribution is 0.817. The first kappa shape index (κ1) is 11.4. The van der Waals surface area contributed by atoms with Crippen molar-refractivity contribution in [3.63, 3.8) is 0 Å². The largest absolute Gasteiger partial charge is 0.393 e. The number of hydrogen-bond donors (Lipinski definition) is 2. The van der Waals surface area contributed by atoms with E-state index in [1.807, 2.05) is 44.2 Å². The molecule has 0 saturated carbocycles. The van der Waals surface area contributed by atoms with Crippen molar-refractivity contribution in [3.05, 3.63) is 46.4 Å². The SMILES string of the molecule is CC(C)c1nc(-c2ccccc2)[nH]c(=O)c1N. The molecule has 2 rings (SSSR count). The number of anilines is 1. The Bertz CT molecular complexity index is 573. The Kier molecular flexibility index (Phi) is 2.95. The van der Waals surface area contributed by atoms with Gasteiger partial charge in [-0.2, -0.15) is 0 Å². The maximum absolute atomic E-state index is 11.7. The van der Waals surface area contributed by atoms with Gasteiger partial charge in [0, 0.05) is 5.56 Å². The quantitative estimate of drug-likeness (QED) is 0.828. The van der Waals surface area contributed by atoms with Crippen LogP contribution in [0.2, 0.25) is 0 Å². The number of benzene rings is 1. The van der Waals surface area contributed by atoms with Crippen LogP contribution in [-0.4, -0.2) is 9.97 Å². The van der Waals surface area contributed by atoms with Crippen LogP contribution in [0.1, 0.15) is 25.5 Å². The molecule has 88 valence electrons. The maximum Gasteiger partial charge on any atom is 0.274 e. The molecule has 0 radical (unpaired) electrons. The summed E-state index contributed by atoms with van der Waals surface area (Å²) < 4.78 is 0. The van der Waals surface area contributed by atoms with Gasteiger partial charge in [-0.25, -0.2) is 4.98 Å². The van der Waals surface area contributed by atoms with Gasteiger partial charge in [0.2, 0.25) is 0 Å². The molecule has 4 heteroatoms. The molecular weight excluding hydrogens is 214 g/mol. The molecule has 1 aromatic heterocycles. The molecule has 2 aromatic rings. The average molecular weight is 229 g/mol. The zero-order chi connectivity index (χ0) is 12.4. The number of nitrogens with zero attached hydrogens (tertiary/aromatic N) is 1. The van der Waals surface area contributed by atoms with E-state index in [9.17, 15) is 4.79 Å². The third-order valence-electron chi connectivity index (χ3n) is 2.58. The standard InChI is InChI=1S/C13H15N3O/c1-8(2)11-10(14)13(17)16-12(15-11)9-6-4-3-5-7-9/h3-8H,14H2,1-2H3,(H,15,16,17). The summed E-state index contributed by atoms with van der Waals surface area (Å²) in [6.07, 6.45) is 0. The summed E-state index contributed by atoms with van der Waals surface area (Å²) in [5.74, 6) is 0.688. The summed E-state index contributed by atoms with van der Waals surface area (Å²) in [5.41, 5.74) is 7.18. The molecule has 0 aliphatic heterocycles. The van der Waals surface area contributed by atoms with Crippen molar-refractivity contribution in [1.82, 2.24) is 9.97 Å². The Balaban J connectivity index is 2.62. The van der Waals surface area contributed by atoms with Gasteiger partial charge >= 0.3 is 0 Å². The summed E-state index contributed by atoms with van der Waals surface area (Å²) in [6.45, 7) is 3.93. The molecule has 0 atom stereocenters. The van der Waals surface area contributed by atoms with Crippen LogP contribution in [0.3, 0.4) is 0 Å². The smallest absolute Gasteiger partial charge is 0.274 e. The van der Waals surface area contributed by atoms with Gasteiger partial charge in [0.1, 0.15) is 11.5 Å². The van der Waals surface area contributed by atoms with Gasteiger partial charge in [-0.05, 0) is 5.92 Å². The summed E-state index contributed by atoms with van der Waals surface area (Å²) in [5, 5.41) is 0. The van der Waals surface area contributed by atoms with Gasteiger partial charge in [-0.15, -0.1) is 0 Å². The first-order valence-corrected chi connectivity index (χ1v) is 5.54. The van der Waals surface area contributed by atoms with Crippen molar-refractivity contribution in [2.24, 2.45) is 0 Å². The van der Waals surface area contributed by atoms with Crippen LogP contribution >= 0.6 is 0 Å². The van der Waals surface area contributed by atoms with Gasteiger partial charge in [0.25, 0.3) is 5.56 Å². The second kappa shape index (κ2) is 4.41. The van der Waals surface area contributed by atoms with E-state index in [-0.39, 0.29) is 17.2 Å².